The van der Waals surface area contributed by atoms with E-state index < -0.39 is 0 Å². The van der Waals surface area contributed by atoms with E-state index in [2.05, 4.69) is 25.7 Å². The fourth-order valence-electron chi connectivity index (χ4n) is 1.61. The SMILES string of the molecule is CCN(CC)CC(C)Oc1ccccc1. The van der Waals surface area contributed by atoms with Crippen molar-refractivity contribution in [1.82, 2.24) is 4.90 Å². The van der Waals surface area contributed by atoms with Gasteiger partial charge in [0.2, 0.25) is 0 Å². The van der Waals surface area contributed by atoms with Crippen LogP contribution in [0.5, 0.6) is 5.75 Å². The minimum absolute atomic E-state index is 0.243. The van der Waals surface area contributed by atoms with E-state index in [4.69, 9.17) is 4.74 Å². The zero-order chi connectivity index (χ0) is 11.1. The van der Waals surface area contributed by atoms with Crippen LogP contribution in [0.3, 0.4) is 0 Å². The van der Waals surface area contributed by atoms with Crippen molar-refractivity contribution in [3.05, 3.63) is 30.3 Å². The lowest BCUT2D eigenvalue weighted by molar-refractivity contribution is 0.153. The summed E-state index contributed by atoms with van der Waals surface area (Å²) in [6, 6.07) is 10.00. The van der Waals surface area contributed by atoms with Crippen LogP contribution in [0.25, 0.3) is 0 Å². The minimum Gasteiger partial charge on any atom is -0.489 e. The molecule has 0 radical (unpaired) electrons. The Bertz CT molecular complexity index is 256. The third-order valence-corrected chi connectivity index (χ3v) is 2.49. The van der Waals surface area contributed by atoms with Gasteiger partial charge in [-0.1, -0.05) is 32.0 Å². The molecular formula is C13H21NO. The van der Waals surface area contributed by atoms with E-state index in [9.17, 15) is 0 Å². The van der Waals surface area contributed by atoms with Crippen LogP contribution >= 0.6 is 0 Å². The molecule has 2 heteroatoms. The Morgan fingerprint density at radius 1 is 1.13 bits per heavy atom. The fourth-order valence-corrected chi connectivity index (χ4v) is 1.61. The second kappa shape index (κ2) is 6.46. The van der Waals surface area contributed by atoms with Crippen molar-refractivity contribution in [1.29, 1.82) is 0 Å². The second-order valence-electron chi connectivity index (χ2n) is 3.73. The summed E-state index contributed by atoms with van der Waals surface area (Å²) in [5.41, 5.74) is 0. The zero-order valence-electron chi connectivity index (χ0n) is 9.94. The Balaban J connectivity index is 2.39. The average Bonchev–Trinajstić information content (AvgIpc) is 2.27. The lowest BCUT2D eigenvalue weighted by Gasteiger charge is -2.23. The summed E-state index contributed by atoms with van der Waals surface area (Å²) in [6.07, 6.45) is 0.243. The second-order valence-corrected chi connectivity index (χ2v) is 3.73. The van der Waals surface area contributed by atoms with E-state index in [1.807, 2.05) is 30.3 Å². The molecule has 0 saturated carbocycles. The maximum atomic E-state index is 5.81. The monoisotopic (exact) mass is 207 g/mol. The number of hydrogen-bond acceptors (Lipinski definition) is 2. The smallest absolute Gasteiger partial charge is 0.119 e. The van der Waals surface area contributed by atoms with Crippen molar-refractivity contribution in [3.8, 4) is 5.75 Å². The number of likely N-dealkylation sites (N-methyl/N-ethyl adjacent to an activating group) is 1. The van der Waals surface area contributed by atoms with Gasteiger partial charge < -0.3 is 9.64 Å². The van der Waals surface area contributed by atoms with E-state index in [1.54, 1.807) is 0 Å². The van der Waals surface area contributed by atoms with Crippen molar-refractivity contribution >= 4 is 0 Å². The molecule has 0 aliphatic rings. The molecule has 1 unspecified atom stereocenters. The highest BCUT2D eigenvalue weighted by atomic mass is 16.5. The summed E-state index contributed by atoms with van der Waals surface area (Å²) < 4.78 is 5.81. The largest absolute Gasteiger partial charge is 0.489 e. The van der Waals surface area contributed by atoms with E-state index in [-0.39, 0.29) is 6.10 Å². The van der Waals surface area contributed by atoms with Crippen LogP contribution < -0.4 is 4.74 Å². The Labute approximate surface area is 92.9 Å². The van der Waals surface area contributed by atoms with Gasteiger partial charge in [0.15, 0.2) is 0 Å². The van der Waals surface area contributed by atoms with Gasteiger partial charge in [-0.15, -0.1) is 0 Å². The van der Waals surface area contributed by atoms with Crippen molar-refractivity contribution in [3.63, 3.8) is 0 Å². The van der Waals surface area contributed by atoms with Crippen LogP contribution in [0.15, 0.2) is 30.3 Å². The summed E-state index contributed by atoms with van der Waals surface area (Å²) in [5, 5.41) is 0. The van der Waals surface area contributed by atoms with Gasteiger partial charge in [0.1, 0.15) is 11.9 Å². The Kier molecular flexibility index (Phi) is 5.19. The predicted octanol–water partition coefficient (Wildman–Crippen LogP) is 2.80. The molecule has 0 aromatic heterocycles. The van der Waals surface area contributed by atoms with E-state index in [0.29, 0.717) is 0 Å². The highest BCUT2D eigenvalue weighted by Crippen LogP contribution is 2.11. The van der Waals surface area contributed by atoms with Crippen LogP contribution in [0, 0.1) is 0 Å². The summed E-state index contributed by atoms with van der Waals surface area (Å²) in [5.74, 6) is 0.956. The molecule has 84 valence electrons. The van der Waals surface area contributed by atoms with Crippen LogP contribution in [0.2, 0.25) is 0 Å². The highest BCUT2D eigenvalue weighted by Gasteiger charge is 2.07. The molecule has 0 aliphatic heterocycles. The molecule has 1 rings (SSSR count). The van der Waals surface area contributed by atoms with Gasteiger partial charge in [-0.25, -0.2) is 0 Å². The third-order valence-electron chi connectivity index (χ3n) is 2.49. The lowest BCUT2D eigenvalue weighted by atomic mass is 10.3. The van der Waals surface area contributed by atoms with E-state index in [1.165, 1.54) is 0 Å². The molecule has 15 heavy (non-hydrogen) atoms. The first-order valence-corrected chi connectivity index (χ1v) is 5.70. The number of rotatable bonds is 6. The van der Waals surface area contributed by atoms with Crippen molar-refractivity contribution in [2.45, 2.75) is 26.9 Å². The Morgan fingerprint density at radius 2 is 1.73 bits per heavy atom. The summed E-state index contributed by atoms with van der Waals surface area (Å²) in [7, 11) is 0. The Morgan fingerprint density at radius 3 is 2.27 bits per heavy atom. The van der Waals surface area contributed by atoms with Gasteiger partial charge >= 0.3 is 0 Å². The first kappa shape index (κ1) is 12.1. The molecule has 0 fully saturated rings. The van der Waals surface area contributed by atoms with Gasteiger partial charge in [-0.3, -0.25) is 0 Å². The molecule has 0 heterocycles. The van der Waals surface area contributed by atoms with Crippen LogP contribution in [-0.2, 0) is 0 Å². The zero-order valence-corrected chi connectivity index (χ0v) is 9.94. The molecule has 0 spiro atoms. The first-order chi connectivity index (χ1) is 7.26. The molecule has 1 atom stereocenters. The van der Waals surface area contributed by atoms with Gasteiger partial charge in [0.05, 0.1) is 0 Å². The maximum Gasteiger partial charge on any atom is 0.119 e. The van der Waals surface area contributed by atoms with Crippen LogP contribution in [-0.4, -0.2) is 30.6 Å². The molecule has 1 aromatic rings. The summed E-state index contributed by atoms with van der Waals surface area (Å²) in [4.78, 5) is 2.37. The normalized spacial score (nSPS) is 12.8. The number of ether oxygens (including phenoxy) is 1. The van der Waals surface area contributed by atoms with Crippen molar-refractivity contribution in [2.75, 3.05) is 19.6 Å². The molecule has 0 bridgehead atoms. The quantitative estimate of drug-likeness (QED) is 0.711. The van der Waals surface area contributed by atoms with Gasteiger partial charge in [0.25, 0.3) is 0 Å². The van der Waals surface area contributed by atoms with E-state index in [0.717, 1.165) is 25.4 Å². The predicted molar refractivity (Wildman–Crippen MR) is 64.3 cm³/mol. The third kappa shape index (κ3) is 4.34. The number of nitrogens with zero attached hydrogens (tertiary/aromatic N) is 1. The van der Waals surface area contributed by atoms with Gasteiger partial charge in [-0.05, 0) is 32.1 Å². The van der Waals surface area contributed by atoms with Crippen LogP contribution in [0.1, 0.15) is 20.8 Å². The van der Waals surface area contributed by atoms with E-state index >= 15 is 0 Å². The topological polar surface area (TPSA) is 12.5 Å². The molecule has 0 N–H and O–H groups in total. The number of para-hydroxylation sites is 1. The van der Waals surface area contributed by atoms with Crippen molar-refractivity contribution < 1.29 is 4.74 Å². The standard InChI is InChI=1S/C13H21NO/c1-4-14(5-2)11-12(3)15-13-9-7-6-8-10-13/h6-10,12H,4-5,11H2,1-3H3. The highest BCUT2D eigenvalue weighted by molar-refractivity contribution is 5.21. The number of benzene rings is 1. The average molecular weight is 207 g/mol. The molecule has 2 nitrogen and oxygen atoms in total. The van der Waals surface area contributed by atoms with Crippen molar-refractivity contribution in [2.24, 2.45) is 0 Å². The van der Waals surface area contributed by atoms with Crippen LogP contribution in [0.4, 0.5) is 0 Å². The molecule has 1 aromatic carbocycles. The molecule has 0 aliphatic carbocycles. The Hall–Kier alpha value is -1.02. The first-order valence-electron chi connectivity index (χ1n) is 5.70. The molecule has 0 amide bonds. The molecular weight excluding hydrogens is 186 g/mol. The maximum absolute atomic E-state index is 5.81. The van der Waals surface area contributed by atoms with Gasteiger partial charge in [-0.2, -0.15) is 0 Å². The summed E-state index contributed by atoms with van der Waals surface area (Å²) in [6.45, 7) is 9.63. The lowest BCUT2D eigenvalue weighted by Crippen LogP contribution is -2.33. The minimum atomic E-state index is 0.243. The molecule has 0 saturated heterocycles. The number of hydrogen-bond donors (Lipinski definition) is 0. The summed E-state index contributed by atoms with van der Waals surface area (Å²) >= 11 is 0. The van der Waals surface area contributed by atoms with Gasteiger partial charge in [0, 0.05) is 6.54 Å². The fraction of sp³-hybridized carbons (Fsp3) is 0.538.